The molecule has 0 radical (unpaired) electrons. The van der Waals surface area contributed by atoms with Gasteiger partial charge in [-0.25, -0.2) is 0 Å². The molecule has 0 unspecified atom stereocenters. The topological polar surface area (TPSA) is 58.2 Å². The first-order chi connectivity index (χ1) is 13.3. The Kier molecular flexibility index (Phi) is 5.72. The fraction of sp³-hybridized carbons (Fsp3) is 0.333. The van der Waals surface area contributed by atoms with Crippen LogP contribution in [0.4, 0.5) is 18.9 Å². The van der Waals surface area contributed by atoms with E-state index in [1.54, 1.807) is 0 Å². The second kappa shape index (κ2) is 8.04. The molecule has 1 saturated carbocycles. The lowest BCUT2D eigenvalue weighted by molar-refractivity contribution is -0.137. The van der Waals surface area contributed by atoms with Crippen molar-refractivity contribution in [3.05, 3.63) is 65.7 Å². The Morgan fingerprint density at radius 2 is 1.57 bits per heavy atom. The molecule has 7 heteroatoms. The van der Waals surface area contributed by atoms with Crippen molar-refractivity contribution < 1.29 is 22.8 Å². The number of carbonyl (C=O) groups excluding carboxylic acids is 2. The second-order valence-electron chi connectivity index (χ2n) is 6.92. The Morgan fingerprint density at radius 1 is 0.929 bits per heavy atom. The lowest BCUT2D eigenvalue weighted by Gasteiger charge is -2.18. The second-order valence-corrected chi connectivity index (χ2v) is 6.92. The molecular formula is C21H21F3N2O2. The molecule has 1 fully saturated rings. The SMILES string of the molecule is O=C(NCCCc1ccccc1)C1(C(=O)Nc2ccccc2C(F)(F)F)CC1. The largest absolute Gasteiger partial charge is 0.418 e. The maximum absolute atomic E-state index is 13.1. The van der Waals surface area contributed by atoms with Gasteiger partial charge >= 0.3 is 6.18 Å². The smallest absolute Gasteiger partial charge is 0.355 e. The van der Waals surface area contributed by atoms with Gasteiger partial charge in [0.2, 0.25) is 11.8 Å². The number of carbonyl (C=O) groups is 2. The minimum atomic E-state index is -4.58. The quantitative estimate of drug-likeness (QED) is 0.551. The highest BCUT2D eigenvalue weighted by Gasteiger charge is 2.56. The van der Waals surface area contributed by atoms with Crippen molar-refractivity contribution in [2.75, 3.05) is 11.9 Å². The molecule has 2 N–H and O–H groups in total. The third-order valence-corrected chi connectivity index (χ3v) is 4.87. The first kappa shape index (κ1) is 19.9. The summed E-state index contributed by atoms with van der Waals surface area (Å²) in [5.74, 6) is -1.12. The van der Waals surface area contributed by atoms with Crippen LogP contribution in [0, 0.1) is 5.41 Å². The lowest BCUT2D eigenvalue weighted by atomic mass is 10.0. The normalized spacial score (nSPS) is 15.0. The summed E-state index contributed by atoms with van der Waals surface area (Å²) in [6.45, 7) is 0.405. The van der Waals surface area contributed by atoms with Crippen LogP contribution >= 0.6 is 0 Å². The molecule has 0 heterocycles. The Balaban J connectivity index is 1.56. The number of halogens is 3. The van der Waals surface area contributed by atoms with Crippen LogP contribution in [0.1, 0.15) is 30.4 Å². The van der Waals surface area contributed by atoms with E-state index < -0.39 is 29.0 Å². The standard InChI is InChI=1S/C21H21F3N2O2/c22-21(23,24)16-10-4-5-11-17(16)26-19(28)20(12-13-20)18(27)25-14-6-9-15-7-2-1-3-8-15/h1-5,7-8,10-11H,6,9,12-14H2,(H,25,27)(H,26,28). The van der Waals surface area contributed by atoms with Crippen molar-refractivity contribution in [1.82, 2.24) is 5.32 Å². The summed E-state index contributed by atoms with van der Waals surface area (Å²) < 4.78 is 39.3. The zero-order valence-electron chi connectivity index (χ0n) is 15.2. The number of aryl methyl sites for hydroxylation is 1. The monoisotopic (exact) mass is 390 g/mol. The number of para-hydroxylation sites is 1. The Hall–Kier alpha value is -2.83. The van der Waals surface area contributed by atoms with Gasteiger partial charge in [0.15, 0.2) is 0 Å². The number of rotatable bonds is 7. The first-order valence-corrected chi connectivity index (χ1v) is 9.13. The molecule has 4 nitrogen and oxygen atoms in total. The van der Waals surface area contributed by atoms with Gasteiger partial charge in [-0.1, -0.05) is 42.5 Å². The van der Waals surface area contributed by atoms with Crippen LogP contribution in [0.15, 0.2) is 54.6 Å². The van der Waals surface area contributed by atoms with Gasteiger partial charge in [0, 0.05) is 6.54 Å². The number of nitrogens with one attached hydrogen (secondary N) is 2. The molecule has 2 amide bonds. The fourth-order valence-electron chi connectivity index (χ4n) is 3.07. The molecule has 1 aliphatic rings. The molecule has 2 aromatic carbocycles. The fourth-order valence-corrected chi connectivity index (χ4v) is 3.07. The average molecular weight is 390 g/mol. The van der Waals surface area contributed by atoms with Crippen LogP contribution in [0.25, 0.3) is 0 Å². The number of amides is 2. The lowest BCUT2D eigenvalue weighted by Crippen LogP contribution is -2.40. The van der Waals surface area contributed by atoms with Crippen LogP contribution in [0.2, 0.25) is 0 Å². The van der Waals surface area contributed by atoms with E-state index in [2.05, 4.69) is 10.6 Å². The molecule has 1 aliphatic carbocycles. The molecule has 3 rings (SSSR count). The van der Waals surface area contributed by atoms with E-state index in [9.17, 15) is 22.8 Å². The van der Waals surface area contributed by atoms with Gasteiger partial charge in [-0.05, 0) is 43.4 Å². The van der Waals surface area contributed by atoms with Crippen molar-refractivity contribution in [2.24, 2.45) is 5.41 Å². The third-order valence-electron chi connectivity index (χ3n) is 4.87. The molecule has 0 aliphatic heterocycles. The van der Waals surface area contributed by atoms with E-state index in [1.807, 2.05) is 30.3 Å². The summed E-state index contributed by atoms with van der Waals surface area (Å²) >= 11 is 0. The van der Waals surface area contributed by atoms with Crippen molar-refractivity contribution in [2.45, 2.75) is 31.9 Å². The van der Waals surface area contributed by atoms with Crippen LogP contribution < -0.4 is 10.6 Å². The summed E-state index contributed by atoms with van der Waals surface area (Å²) in [5, 5.41) is 5.04. The number of hydrogen-bond donors (Lipinski definition) is 2. The highest BCUT2D eigenvalue weighted by molar-refractivity contribution is 6.13. The maximum Gasteiger partial charge on any atom is 0.418 e. The van der Waals surface area contributed by atoms with Crippen LogP contribution in [0.5, 0.6) is 0 Å². The van der Waals surface area contributed by atoms with Gasteiger partial charge in [0.1, 0.15) is 5.41 Å². The summed E-state index contributed by atoms with van der Waals surface area (Å²) in [4.78, 5) is 25.0. The van der Waals surface area contributed by atoms with Crippen LogP contribution in [-0.2, 0) is 22.2 Å². The summed E-state index contributed by atoms with van der Waals surface area (Å²) in [7, 11) is 0. The molecule has 0 atom stereocenters. The van der Waals surface area contributed by atoms with Gasteiger partial charge in [0.05, 0.1) is 11.3 Å². The molecule has 0 saturated heterocycles. The van der Waals surface area contributed by atoms with Gasteiger partial charge in [-0.3, -0.25) is 9.59 Å². The van der Waals surface area contributed by atoms with Crippen molar-refractivity contribution >= 4 is 17.5 Å². The molecule has 2 aromatic rings. The zero-order valence-corrected chi connectivity index (χ0v) is 15.2. The van der Waals surface area contributed by atoms with Gasteiger partial charge in [-0.15, -0.1) is 0 Å². The van der Waals surface area contributed by atoms with Gasteiger partial charge in [0.25, 0.3) is 0 Å². The first-order valence-electron chi connectivity index (χ1n) is 9.13. The molecule has 0 bridgehead atoms. The molecule has 148 valence electrons. The number of benzene rings is 2. The van der Waals surface area contributed by atoms with E-state index in [4.69, 9.17) is 0 Å². The summed E-state index contributed by atoms with van der Waals surface area (Å²) in [5.41, 5.74) is -1.38. The van der Waals surface area contributed by atoms with Crippen molar-refractivity contribution in [3.8, 4) is 0 Å². The van der Waals surface area contributed by atoms with E-state index >= 15 is 0 Å². The molecular weight excluding hydrogens is 369 g/mol. The van der Waals surface area contributed by atoms with Crippen LogP contribution in [0.3, 0.4) is 0 Å². The van der Waals surface area contributed by atoms with E-state index in [-0.39, 0.29) is 5.69 Å². The molecule has 0 aromatic heterocycles. The third kappa shape index (κ3) is 4.52. The van der Waals surface area contributed by atoms with Gasteiger partial charge in [-0.2, -0.15) is 13.2 Å². The Morgan fingerprint density at radius 3 is 2.21 bits per heavy atom. The molecule has 0 spiro atoms. The van der Waals surface area contributed by atoms with E-state index in [0.29, 0.717) is 25.8 Å². The number of hydrogen-bond acceptors (Lipinski definition) is 2. The number of alkyl halides is 3. The summed E-state index contributed by atoms with van der Waals surface area (Å²) in [6, 6.07) is 14.6. The van der Waals surface area contributed by atoms with Crippen molar-refractivity contribution in [3.63, 3.8) is 0 Å². The Bertz CT molecular complexity index is 846. The zero-order chi connectivity index (χ0) is 20.2. The predicted molar refractivity (Wildman–Crippen MR) is 99.5 cm³/mol. The minimum absolute atomic E-state index is 0.330. The minimum Gasteiger partial charge on any atom is -0.355 e. The number of anilines is 1. The Labute approximate surface area is 161 Å². The average Bonchev–Trinajstić information content (AvgIpc) is 3.48. The predicted octanol–water partition coefficient (Wildman–Crippen LogP) is 4.17. The van der Waals surface area contributed by atoms with Crippen LogP contribution in [-0.4, -0.2) is 18.4 Å². The van der Waals surface area contributed by atoms with E-state index in [0.717, 1.165) is 18.1 Å². The maximum atomic E-state index is 13.1. The highest BCUT2D eigenvalue weighted by atomic mass is 19.4. The van der Waals surface area contributed by atoms with E-state index in [1.165, 1.54) is 18.2 Å². The molecule has 28 heavy (non-hydrogen) atoms. The van der Waals surface area contributed by atoms with Gasteiger partial charge < -0.3 is 10.6 Å². The van der Waals surface area contributed by atoms with Crippen molar-refractivity contribution in [1.29, 1.82) is 0 Å². The highest BCUT2D eigenvalue weighted by Crippen LogP contribution is 2.47. The summed E-state index contributed by atoms with van der Waals surface area (Å²) in [6.07, 6.45) is -2.42.